The third-order valence-electron chi connectivity index (χ3n) is 3.34. The average Bonchev–Trinajstić information content (AvgIpc) is 2.81. The number of aliphatic hydroxyl groups excluding tert-OH is 1. The predicted octanol–water partition coefficient (Wildman–Crippen LogP) is -0.684. The van der Waals surface area contributed by atoms with Crippen molar-refractivity contribution in [2.24, 2.45) is 5.73 Å². The molecule has 1 fully saturated rings. The van der Waals surface area contributed by atoms with Crippen molar-refractivity contribution in [2.75, 3.05) is 42.2 Å². The molecule has 1 aliphatic rings. The van der Waals surface area contributed by atoms with Gasteiger partial charge in [0.15, 0.2) is 11.5 Å². The first-order valence-corrected chi connectivity index (χ1v) is 6.42. The molecule has 0 spiro atoms. The molecule has 1 unspecified atom stereocenters. The van der Waals surface area contributed by atoms with Crippen LogP contribution in [0.2, 0.25) is 0 Å². The molecule has 1 saturated heterocycles. The van der Waals surface area contributed by atoms with E-state index in [0.717, 1.165) is 6.42 Å². The van der Waals surface area contributed by atoms with Crippen LogP contribution < -0.4 is 21.7 Å². The first-order valence-electron chi connectivity index (χ1n) is 6.42. The Balaban J connectivity index is 2.25. The summed E-state index contributed by atoms with van der Waals surface area (Å²) in [7, 11) is 0. The van der Waals surface area contributed by atoms with E-state index in [-0.39, 0.29) is 6.61 Å². The second-order valence-corrected chi connectivity index (χ2v) is 4.72. The van der Waals surface area contributed by atoms with Crippen LogP contribution >= 0.6 is 0 Å². The lowest BCUT2D eigenvalue weighted by Crippen LogP contribution is -2.47. The standard InChI is InChI=1S/C12H21N5O2/c13-5-6-15-11-9(14)2-3-10(16-11)17-7-1-4-12(17,19)8-18/h2-3,18-19H,1,4-8,13-14H2,(H,15,16). The lowest BCUT2D eigenvalue weighted by molar-refractivity contribution is -0.00543. The van der Waals surface area contributed by atoms with Gasteiger partial charge >= 0.3 is 0 Å². The van der Waals surface area contributed by atoms with Crippen molar-refractivity contribution in [1.29, 1.82) is 0 Å². The maximum atomic E-state index is 10.3. The molecule has 7 heteroatoms. The van der Waals surface area contributed by atoms with Gasteiger partial charge in [0.2, 0.25) is 0 Å². The van der Waals surface area contributed by atoms with Crippen molar-refractivity contribution in [3.63, 3.8) is 0 Å². The number of nitrogens with two attached hydrogens (primary N) is 2. The molecular weight excluding hydrogens is 246 g/mol. The van der Waals surface area contributed by atoms with E-state index in [1.807, 2.05) is 0 Å². The molecule has 0 saturated carbocycles. The zero-order valence-corrected chi connectivity index (χ0v) is 10.8. The van der Waals surface area contributed by atoms with E-state index < -0.39 is 5.72 Å². The summed E-state index contributed by atoms with van der Waals surface area (Å²) in [5, 5.41) is 22.7. The van der Waals surface area contributed by atoms with Gasteiger partial charge in [-0.15, -0.1) is 0 Å². The van der Waals surface area contributed by atoms with E-state index in [1.165, 1.54) is 0 Å². The number of nitrogens with one attached hydrogen (secondary N) is 1. The van der Waals surface area contributed by atoms with Crippen LogP contribution in [0.3, 0.4) is 0 Å². The van der Waals surface area contributed by atoms with Crippen molar-refractivity contribution in [2.45, 2.75) is 18.6 Å². The quantitative estimate of drug-likeness (QED) is 0.479. The van der Waals surface area contributed by atoms with E-state index >= 15 is 0 Å². The minimum atomic E-state index is -1.23. The van der Waals surface area contributed by atoms with Crippen LogP contribution in [-0.4, -0.2) is 47.2 Å². The van der Waals surface area contributed by atoms with Gasteiger partial charge in [-0.1, -0.05) is 0 Å². The number of hydrogen-bond acceptors (Lipinski definition) is 7. The van der Waals surface area contributed by atoms with Crippen LogP contribution in [0.5, 0.6) is 0 Å². The largest absolute Gasteiger partial charge is 0.396 e. The Kier molecular flexibility index (Phi) is 4.08. The van der Waals surface area contributed by atoms with Crippen molar-refractivity contribution >= 4 is 17.3 Å². The van der Waals surface area contributed by atoms with Gasteiger partial charge < -0.3 is 31.9 Å². The fraction of sp³-hybridized carbons (Fsp3) is 0.583. The summed E-state index contributed by atoms with van der Waals surface area (Å²) in [6, 6.07) is 3.48. The van der Waals surface area contributed by atoms with Gasteiger partial charge in [-0.2, -0.15) is 0 Å². The molecule has 106 valence electrons. The third-order valence-corrected chi connectivity index (χ3v) is 3.34. The highest BCUT2D eigenvalue weighted by atomic mass is 16.4. The smallest absolute Gasteiger partial charge is 0.162 e. The van der Waals surface area contributed by atoms with E-state index in [0.29, 0.717) is 43.4 Å². The molecule has 0 amide bonds. The molecule has 7 nitrogen and oxygen atoms in total. The second kappa shape index (κ2) is 5.60. The molecule has 1 aromatic heterocycles. The maximum Gasteiger partial charge on any atom is 0.162 e. The SMILES string of the molecule is NCCNc1nc(N2CCCC2(O)CO)ccc1N. The van der Waals surface area contributed by atoms with E-state index in [9.17, 15) is 10.2 Å². The molecule has 2 heterocycles. The van der Waals surface area contributed by atoms with Crippen molar-refractivity contribution in [1.82, 2.24) is 4.98 Å². The predicted molar refractivity (Wildman–Crippen MR) is 74.8 cm³/mol. The summed E-state index contributed by atoms with van der Waals surface area (Å²) in [6.45, 7) is 1.40. The number of hydrogen-bond donors (Lipinski definition) is 5. The normalized spacial score (nSPS) is 22.8. The Morgan fingerprint density at radius 3 is 2.95 bits per heavy atom. The van der Waals surface area contributed by atoms with Gasteiger partial charge in [0.25, 0.3) is 0 Å². The number of aromatic nitrogens is 1. The first kappa shape index (κ1) is 13.9. The number of nitrogens with zero attached hydrogens (tertiary/aromatic N) is 2. The number of nitrogen functional groups attached to an aromatic ring is 1. The van der Waals surface area contributed by atoms with Gasteiger partial charge in [-0.05, 0) is 25.0 Å². The van der Waals surface area contributed by atoms with E-state index in [1.54, 1.807) is 17.0 Å². The van der Waals surface area contributed by atoms with Crippen molar-refractivity contribution in [3.05, 3.63) is 12.1 Å². The molecule has 1 atom stereocenters. The lowest BCUT2D eigenvalue weighted by atomic mass is 10.1. The Hall–Kier alpha value is -1.57. The van der Waals surface area contributed by atoms with Gasteiger partial charge in [-0.25, -0.2) is 4.98 Å². The van der Waals surface area contributed by atoms with Crippen LogP contribution in [0.1, 0.15) is 12.8 Å². The fourth-order valence-corrected chi connectivity index (χ4v) is 2.30. The average molecular weight is 267 g/mol. The van der Waals surface area contributed by atoms with Crippen molar-refractivity contribution < 1.29 is 10.2 Å². The molecule has 2 rings (SSSR count). The summed E-state index contributed by atoms with van der Waals surface area (Å²) in [6.07, 6.45) is 1.34. The first-order chi connectivity index (χ1) is 9.10. The Morgan fingerprint density at radius 1 is 1.47 bits per heavy atom. The summed E-state index contributed by atoms with van der Waals surface area (Å²) in [5.74, 6) is 1.15. The topological polar surface area (TPSA) is 121 Å². The minimum absolute atomic E-state index is 0.315. The molecule has 0 bridgehead atoms. The molecule has 1 aliphatic heterocycles. The van der Waals surface area contributed by atoms with Gasteiger partial charge in [0.05, 0.1) is 12.3 Å². The van der Waals surface area contributed by atoms with Crippen LogP contribution in [0, 0.1) is 0 Å². The third kappa shape index (κ3) is 2.73. The van der Waals surface area contributed by atoms with Crippen LogP contribution in [0.25, 0.3) is 0 Å². The Bertz CT molecular complexity index is 442. The van der Waals surface area contributed by atoms with Gasteiger partial charge in [0, 0.05) is 19.6 Å². The highest BCUT2D eigenvalue weighted by Crippen LogP contribution is 2.32. The lowest BCUT2D eigenvalue weighted by Gasteiger charge is -2.33. The summed E-state index contributed by atoms with van der Waals surface area (Å²) in [5.41, 5.74) is 10.6. The Morgan fingerprint density at radius 2 is 2.26 bits per heavy atom. The van der Waals surface area contributed by atoms with E-state index in [4.69, 9.17) is 11.5 Å². The maximum absolute atomic E-state index is 10.3. The van der Waals surface area contributed by atoms with E-state index in [2.05, 4.69) is 10.3 Å². The molecule has 0 radical (unpaired) electrons. The molecule has 7 N–H and O–H groups in total. The number of rotatable bonds is 5. The monoisotopic (exact) mass is 267 g/mol. The van der Waals surface area contributed by atoms with Crippen LogP contribution in [0.15, 0.2) is 12.1 Å². The fourth-order valence-electron chi connectivity index (χ4n) is 2.30. The minimum Gasteiger partial charge on any atom is -0.396 e. The zero-order valence-electron chi connectivity index (χ0n) is 10.8. The van der Waals surface area contributed by atoms with Crippen molar-refractivity contribution in [3.8, 4) is 0 Å². The number of aliphatic hydroxyl groups is 2. The highest BCUT2D eigenvalue weighted by molar-refractivity contribution is 5.65. The molecule has 0 aromatic carbocycles. The molecule has 19 heavy (non-hydrogen) atoms. The number of anilines is 3. The Labute approximate surface area is 112 Å². The van der Waals surface area contributed by atoms with Gasteiger partial charge in [-0.3, -0.25) is 0 Å². The highest BCUT2D eigenvalue weighted by Gasteiger charge is 2.39. The summed E-state index contributed by atoms with van der Waals surface area (Å²) < 4.78 is 0. The number of pyridine rings is 1. The molecule has 0 aliphatic carbocycles. The van der Waals surface area contributed by atoms with Crippen LogP contribution in [-0.2, 0) is 0 Å². The molecule has 1 aromatic rings. The zero-order chi connectivity index (χ0) is 13.9. The summed E-state index contributed by atoms with van der Waals surface area (Å²) >= 11 is 0. The molecular formula is C12H21N5O2. The van der Waals surface area contributed by atoms with Crippen LogP contribution in [0.4, 0.5) is 17.3 Å². The second-order valence-electron chi connectivity index (χ2n) is 4.72. The van der Waals surface area contributed by atoms with Gasteiger partial charge in [0.1, 0.15) is 5.82 Å². The summed E-state index contributed by atoms with van der Waals surface area (Å²) in [4.78, 5) is 6.11.